The highest BCUT2D eigenvalue weighted by molar-refractivity contribution is 7.15. The lowest BCUT2D eigenvalue weighted by molar-refractivity contribution is -0.116. The fourth-order valence-electron chi connectivity index (χ4n) is 3.82. The molecule has 0 spiro atoms. The molecule has 160 valence electrons. The van der Waals surface area contributed by atoms with Gasteiger partial charge in [-0.15, -0.1) is 11.3 Å². The number of thiophene rings is 1. The summed E-state index contributed by atoms with van der Waals surface area (Å²) in [5.41, 5.74) is 2.74. The third-order valence-electron chi connectivity index (χ3n) is 5.11. The summed E-state index contributed by atoms with van der Waals surface area (Å²) >= 11 is 1.21. The van der Waals surface area contributed by atoms with Gasteiger partial charge in [0.2, 0.25) is 5.91 Å². The predicted molar refractivity (Wildman–Crippen MR) is 121 cm³/mol. The van der Waals surface area contributed by atoms with Crippen molar-refractivity contribution in [2.24, 2.45) is 0 Å². The first kappa shape index (κ1) is 20.9. The van der Waals surface area contributed by atoms with Crippen LogP contribution in [0.3, 0.4) is 0 Å². The van der Waals surface area contributed by atoms with Crippen LogP contribution in [0.15, 0.2) is 48.5 Å². The fourth-order valence-corrected chi connectivity index (χ4v) is 5.06. The summed E-state index contributed by atoms with van der Waals surface area (Å²) in [7, 11) is 1.58. The Labute approximate surface area is 184 Å². The van der Waals surface area contributed by atoms with Crippen molar-refractivity contribution in [1.29, 1.82) is 0 Å². The van der Waals surface area contributed by atoms with Gasteiger partial charge in [-0.05, 0) is 49.2 Å². The van der Waals surface area contributed by atoms with Crippen LogP contribution in [0.2, 0.25) is 0 Å². The van der Waals surface area contributed by atoms with Gasteiger partial charge in [-0.3, -0.25) is 4.79 Å². The standard InChI is InChI=1S/C24H23NO5S/c1-13(2)30-17-6-4-5-15(11-17)18-12-19(26)25-21-20(23(24(27)28)31-22(18)21)14-7-9-16(29-3)10-8-14/h4-11,13,18H,12H2,1-3H3,(H,25,26)(H,27,28). The van der Waals surface area contributed by atoms with E-state index in [0.717, 1.165) is 16.2 Å². The first-order valence-electron chi connectivity index (χ1n) is 9.98. The van der Waals surface area contributed by atoms with Crippen molar-refractivity contribution in [3.63, 3.8) is 0 Å². The highest BCUT2D eigenvalue weighted by Crippen LogP contribution is 2.49. The zero-order valence-corrected chi connectivity index (χ0v) is 18.3. The van der Waals surface area contributed by atoms with E-state index in [0.29, 0.717) is 22.6 Å². The SMILES string of the molecule is COc1ccc(-c2c(C(=O)O)sc3c2NC(=O)CC3c2cccc(OC(C)C)c2)cc1. The number of carboxylic acid groups (broad SMARTS) is 1. The Morgan fingerprint density at radius 1 is 1.16 bits per heavy atom. The Morgan fingerprint density at radius 2 is 1.90 bits per heavy atom. The van der Waals surface area contributed by atoms with E-state index in [1.165, 1.54) is 11.3 Å². The van der Waals surface area contributed by atoms with Crippen LogP contribution in [0.25, 0.3) is 11.1 Å². The zero-order valence-electron chi connectivity index (χ0n) is 17.5. The number of carboxylic acids is 1. The molecule has 0 radical (unpaired) electrons. The number of anilines is 1. The predicted octanol–water partition coefficient (Wildman–Crippen LogP) is 5.38. The monoisotopic (exact) mass is 437 g/mol. The highest BCUT2D eigenvalue weighted by Gasteiger charge is 2.34. The van der Waals surface area contributed by atoms with E-state index >= 15 is 0 Å². The lowest BCUT2D eigenvalue weighted by Gasteiger charge is -2.24. The van der Waals surface area contributed by atoms with Crippen molar-refractivity contribution in [2.75, 3.05) is 12.4 Å². The molecule has 1 amide bonds. The van der Waals surface area contributed by atoms with E-state index in [1.807, 2.05) is 38.1 Å². The van der Waals surface area contributed by atoms with Crippen molar-refractivity contribution in [3.05, 3.63) is 63.8 Å². The molecule has 1 atom stereocenters. The van der Waals surface area contributed by atoms with E-state index in [9.17, 15) is 14.7 Å². The number of ether oxygens (including phenoxy) is 2. The second-order valence-corrected chi connectivity index (χ2v) is 8.68. The summed E-state index contributed by atoms with van der Waals surface area (Å²) in [6.45, 7) is 3.91. The maximum Gasteiger partial charge on any atom is 0.346 e. The summed E-state index contributed by atoms with van der Waals surface area (Å²) < 4.78 is 11.0. The van der Waals surface area contributed by atoms with Crippen LogP contribution >= 0.6 is 11.3 Å². The van der Waals surface area contributed by atoms with Crippen LogP contribution in [0.5, 0.6) is 11.5 Å². The molecule has 6 nitrogen and oxygen atoms in total. The number of fused-ring (bicyclic) bond motifs is 1. The van der Waals surface area contributed by atoms with E-state index in [4.69, 9.17) is 9.47 Å². The maximum absolute atomic E-state index is 12.6. The van der Waals surface area contributed by atoms with Gasteiger partial charge >= 0.3 is 5.97 Å². The molecule has 1 aromatic heterocycles. The quantitative estimate of drug-likeness (QED) is 0.541. The molecule has 4 rings (SSSR count). The van der Waals surface area contributed by atoms with E-state index in [2.05, 4.69) is 5.32 Å². The van der Waals surface area contributed by atoms with Gasteiger partial charge in [0, 0.05) is 22.8 Å². The number of carbonyl (C=O) groups is 2. The molecule has 0 saturated carbocycles. The Hall–Kier alpha value is -3.32. The van der Waals surface area contributed by atoms with Crippen LogP contribution in [0.4, 0.5) is 5.69 Å². The molecule has 0 saturated heterocycles. The molecule has 31 heavy (non-hydrogen) atoms. The summed E-state index contributed by atoms with van der Waals surface area (Å²) in [5.74, 6) is 0.000811. The van der Waals surface area contributed by atoms with Crippen LogP contribution < -0.4 is 14.8 Å². The van der Waals surface area contributed by atoms with E-state index < -0.39 is 5.97 Å². The van der Waals surface area contributed by atoms with Gasteiger partial charge in [0.15, 0.2) is 0 Å². The Kier molecular flexibility index (Phi) is 5.69. The lowest BCUT2D eigenvalue weighted by atomic mass is 9.88. The lowest BCUT2D eigenvalue weighted by Crippen LogP contribution is -2.22. The number of rotatable bonds is 6. The summed E-state index contributed by atoms with van der Waals surface area (Å²) in [4.78, 5) is 25.8. The molecule has 1 unspecified atom stereocenters. The van der Waals surface area contributed by atoms with E-state index in [-0.39, 0.29) is 29.2 Å². The molecule has 7 heteroatoms. The molecule has 0 aliphatic carbocycles. The Morgan fingerprint density at radius 3 is 2.55 bits per heavy atom. The van der Waals surface area contributed by atoms with Crippen molar-refractivity contribution in [2.45, 2.75) is 32.3 Å². The van der Waals surface area contributed by atoms with E-state index in [1.54, 1.807) is 31.4 Å². The zero-order chi connectivity index (χ0) is 22.1. The summed E-state index contributed by atoms with van der Waals surface area (Å²) in [5, 5.41) is 12.8. The molecule has 1 aliphatic rings. The first-order valence-corrected chi connectivity index (χ1v) is 10.8. The van der Waals surface area contributed by atoms with Crippen LogP contribution in [-0.2, 0) is 4.79 Å². The topological polar surface area (TPSA) is 84.9 Å². The molecule has 2 N–H and O–H groups in total. The molecular formula is C24H23NO5S. The van der Waals surface area contributed by atoms with Crippen molar-refractivity contribution >= 4 is 28.9 Å². The smallest absolute Gasteiger partial charge is 0.346 e. The second kappa shape index (κ2) is 8.43. The van der Waals surface area contributed by atoms with Crippen molar-refractivity contribution in [3.8, 4) is 22.6 Å². The number of hydrogen-bond donors (Lipinski definition) is 2. The summed E-state index contributed by atoms with van der Waals surface area (Å²) in [6, 6.07) is 14.8. The number of aromatic carboxylic acids is 1. The minimum atomic E-state index is -1.02. The van der Waals surface area contributed by atoms with Crippen molar-refractivity contribution in [1.82, 2.24) is 0 Å². The Bertz CT molecular complexity index is 1130. The van der Waals surface area contributed by atoms with Gasteiger partial charge in [0.05, 0.1) is 18.9 Å². The number of nitrogens with one attached hydrogen (secondary N) is 1. The number of benzene rings is 2. The van der Waals surface area contributed by atoms with Gasteiger partial charge in [0.1, 0.15) is 16.4 Å². The van der Waals surface area contributed by atoms with Gasteiger partial charge in [-0.25, -0.2) is 4.79 Å². The molecule has 0 bridgehead atoms. The fraction of sp³-hybridized carbons (Fsp3) is 0.250. The van der Waals surface area contributed by atoms with Gasteiger partial charge in [-0.2, -0.15) is 0 Å². The normalized spacial score (nSPS) is 15.4. The van der Waals surface area contributed by atoms with Crippen LogP contribution in [-0.4, -0.2) is 30.2 Å². The van der Waals surface area contributed by atoms with Gasteiger partial charge in [-0.1, -0.05) is 24.3 Å². The summed E-state index contributed by atoms with van der Waals surface area (Å²) in [6.07, 6.45) is 0.280. The number of carbonyl (C=O) groups excluding carboxylic acids is 1. The molecule has 2 heterocycles. The van der Waals surface area contributed by atoms with Crippen molar-refractivity contribution < 1.29 is 24.2 Å². The maximum atomic E-state index is 12.6. The molecule has 0 fully saturated rings. The average Bonchev–Trinajstić information content (AvgIpc) is 3.12. The molecule has 2 aromatic carbocycles. The molecule has 1 aliphatic heterocycles. The number of amides is 1. The Balaban J connectivity index is 1.85. The minimum Gasteiger partial charge on any atom is -0.497 e. The van der Waals surface area contributed by atoms with Crippen LogP contribution in [0.1, 0.15) is 46.3 Å². The third kappa shape index (κ3) is 4.14. The first-order chi connectivity index (χ1) is 14.9. The second-order valence-electron chi connectivity index (χ2n) is 7.62. The number of hydrogen-bond acceptors (Lipinski definition) is 5. The van der Waals surface area contributed by atoms with Gasteiger partial charge in [0.25, 0.3) is 0 Å². The van der Waals surface area contributed by atoms with Gasteiger partial charge < -0.3 is 19.9 Å². The highest BCUT2D eigenvalue weighted by atomic mass is 32.1. The van der Waals surface area contributed by atoms with Crippen LogP contribution in [0, 0.1) is 0 Å². The minimum absolute atomic E-state index is 0.0301. The molecule has 3 aromatic rings. The average molecular weight is 438 g/mol. The number of methoxy groups -OCH3 is 1. The molecular weight excluding hydrogens is 414 g/mol. The largest absolute Gasteiger partial charge is 0.497 e. The third-order valence-corrected chi connectivity index (χ3v) is 6.40.